The highest BCUT2D eigenvalue weighted by Crippen LogP contribution is 2.53. The maximum Gasteiger partial charge on any atom is 0.0127 e. The van der Waals surface area contributed by atoms with Crippen LogP contribution in [0.4, 0.5) is 0 Å². The Kier molecular flexibility index (Phi) is 3.77. The van der Waals surface area contributed by atoms with E-state index in [-0.39, 0.29) is 0 Å². The molecule has 4 rings (SSSR count). The molecule has 0 unspecified atom stereocenters. The number of piperidine rings is 1. The van der Waals surface area contributed by atoms with E-state index in [1.54, 1.807) is 11.1 Å². The van der Waals surface area contributed by atoms with Crippen molar-refractivity contribution in [1.29, 1.82) is 0 Å². The van der Waals surface area contributed by atoms with Crippen LogP contribution in [0.2, 0.25) is 0 Å². The first-order valence-corrected chi connectivity index (χ1v) is 9.06. The van der Waals surface area contributed by atoms with Gasteiger partial charge >= 0.3 is 0 Å². The number of nitrogens with zero attached hydrogens (tertiary/aromatic N) is 1. The molecule has 120 valence electrons. The lowest BCUT2D eigenvalue weighted by molar-refractivity contribution is 0.167. The zero-order valence-electron chi connectivity index (χ0n) is 14.5. The van der Waals surface area contributed by atoms with Gasteiger partial charge in [-0.2, -0.15) is 0 Å². The predicted octanol–water partition coefficient (Wildman–Crippen LogP) is 4.87. The molecule has 0 amide bonds. The molecule has 0 N–H and O–H groups in total. The standard InChI is InChI=1S/C22H27N/c1-4-23-11-10-19-21(14-23)18-9-8-16(3)13-20(18)22(19)17-7-5-6-15(2)12-17/h5-9,12-13,19,21-22H,4,10-11,14H2,1-3H3/t19-,21-,22+/m0/s1. The summed E-state index contributed by atoms with van der Waals surface area (Å²) in [6, 6.07) is 16.4. The zero-order valence-corrected chi connectivity index (χ0v) is 14.5. The molecule has 0 aromatic heterocycles. The third-order valence-electron chi connectivity index (χ3n) is 6.00. The Labute approximate surface area is 140 Å². The number of likely N-dealkylation sites (N-methyl/N-ethyl adjacent to an activating group) is 1. The van der Waals surface area contributed by atoms with E-state index in [0.29, 0.717) is 11.8 Å². The molecule has 3 atom stereocenters. The fraction of sp³-hybridized carbons (Fsp3) is 0.455. The second-order valence-electron chi connectivity index (χ2n) is 7.48. The number of fused-ring (bicyclic) bond motifs is 3. The lowest BCUT2D eigenvalue weighted by atomic mass is 9.78. The molecule has 0 bridgehead atoms. The summed E-state index contributed by atoms with van der Waals surface area (Å²) in [5, 5.41) is 0. The molecule has 0 saturated carbocycles. The van der Waals surface area contributed by atoms with Crippen molar-refractivity contribution in [3.8, 4) is 0 Å². The smallest absolute Gasteiger partial charge is 0.0127 e. The number of aryl methyl sites for hydroxylation is 2. The Balaban J connectivity index is 1.81. The Hall–Kier alpha value is -1.60. The maximum absolute atomic E-state index is 2.63. The third-order valence-corrected chi connectivity index (χ3v) is 6.00. The highest BCUT2D eigenvalue weighted by molar-refractivity contribution is 5.49. The molecule has 2 aliphatic rings. The zero-order chi connectivity index (χ0) is 16.0. The molecule has 1 saturated heterocycles. The van der Waals surface area contributed by atoms with Crippen molar-refractivity contribution in [2.45, 2.75) is 39.0 Å². The van der Waals surface area contributed by atoms with E-state index in [4.69, 9.17) is 0 Å². The van der Waals surface area contributed by atoms with Gasteiger partial charge in [-0.25, -0.2) is 0 Å². The van der Waals surface area contributed by atoms with Gasteiger partial charge in [-0.05, 0) is 56.0 Å². The van der Waals surface area contributed by atoms with E-state index >= 15 is 0 Å². The Morgan fingerprint density at radius 1 is 1.00 bits per heavy atom. The molecule has 1 heteroatoms. The summed E-state index contributed by atoms with van der Waals surface area (Å²) in [5.41, 5.74) is 7.52. The SMILES string of the molecule is CCN1CC[C@@H]2[C@@H](c3cccc(C)c3)c3cc(C)ccc3[C@@H]2C1. The van der Waals surface area contributed by atoms with Crippen LogP contribution in [0, 0.1) is 19.8 Å². The van der Waals surface area contributed by atoms with Crippen LogP contribution in [-0.4, -0.2) is 24.5 Å². The summed E-state index contributed by atoms with van der Waals surface area (Å²) in [7, 11) is 0. The second kappa shape index (κ2) is 5.79. The van der Waals surface area contributed by atoms with E-state index in [1.807, 2.05) is 0 Å². The summed E-state index contributed by atoms with van der Waals surface area (Å²) in [6.45, 7) is 10.4. The van der Waals surface area contributed by atoms with Crippen molar-refractivity contribution in [3.05, 3.63) is 70.3 Å². The summed E-state index contributed by atoms with van der Waals surface area (Å²) in [5.74, 6) is 2.08. The van der Waals surface area contributed by atoms with Crippen molar-refractivity contribution in [2.24, 2.45) is 5.92 Å². The van der Waals surface area contributed by atoms with Gasteiger partial charge in [0, 0.05) is 18.4 Å². The first-order chi connectivity index (χ1) is 11.2. The topological polar surface area (TPSA) is 3.24 Å². The van der Waals surface area contributed by atoms with Gasteiger partial charge in [0.1, 0.15) is 0 Å². The van der Waals surface area contributed by atoms with E-state index in [1.165, 1.54) is 42.7 Å². The van der Waals surface area contributed by atoms with Crippen LogP contribution < -0.4 is 0 Å². The number of hydrogen-bond donors (Lipinski definition) is 0. The minimum absolute atomic E-state index is 0.591. The van der Waals surface area contributed by atoms with Crippen LogP contribution in [0.5, 0.6) is 0 Å². The molecule has 2 aromatic carbocycles. The minimum atomic E-state index is 0.591. The van der Waals surface area contributed by atoms with Crippen LogP contribution in [0.1, 0.15) is 53.0 Å². The first kappa shape index (κ1) is 15.0. The van der Waals surface area contributed by atoms with Gasteiger partial charge in [-0.1, -0.05) is 60.5 Å². The molecule has 1 aliphatic heterocycles. The van der Waals surface area contributed by atoms with Crippen molar-refractivity contribution >= 4 is 0 Å². The van der Waals surface area contributed by atoms with Crippen molar-refractivity contribution in [1.82, 2.24) is 4.90 Å². The van der Waals surface area contributed by atoms with Gasteiger partial charge in [0.25, 0.3) is 0 Å². The van der Waals surface area contributed by atoms with Crippen molar-refractivity contribution in [2.75, 3.05) is 19.6 Å². The van der Waals surface area contributed by atoms with Gasteiger partial charge in [-0.15, -0.1) is 0 Å². The average molecular weight is 305 g/mol. The van der Waals surface area contributed by atoms with Crippen LogP contribution in [0.3, 0.4) is 0 Å². The molecule has 1 fully saturated rings. The highest BCUT2D eigenvalue weighted by atomic mass is 15.1. The van der Waals surface area contributed by atoms with E-state index < -0.39 is 0 Å². The van der Waals surface area contributed by atoms with Gasteiger partial charge in [-0.3, -0.25) is 0 Å². The number of benzene rings is 2. The van der Waals surface area contributed by atoms with Gasteiger partial charge in [0.05, 0.1) is 0 Å². The molecular weight excluding hydrogens is 278 g/mol. The molecule has 23 heavy (non-hydrogen) atoms. The van der Waals surface area contributed by atoms with Gasteiger partial charge in [0.15, 0.2) is 0 Å². The second-order valence-corrected chi connectivity index (χ2v) is 7.48. The summed E-state index contributed by atoms with van der Waals surface area (Å²) in [6.07, 6.45) is 1.32. The maximum atomic E-state index is 2.63. The molecular formula is C22H27N. The Bertz CT molecular complexity index is 718. The number of likely N-dealkylation sites (tertiary alicyclic amines) is 1. The fourth-order valence-corrected chi connectivity index (χ4v) is 4.87. The average Bonchev–Trinajstić information content (AvgIpc) is 2.87. The number of hydrogen-bond acceptors (Lipinski definition) is 1. The highest BCUT2D eigenvalue weighted by Gasteiger charge is 2.43. The summed E-state index contributed by atoms with van der Waals surface area (Å²) < 4.78 is 0. The summed E-state index contributed by atoms with van der Waals surface area (Å²) >= 11 is 0. The van der Waals surface area contributed by atoms with Gasteiger partial charge < -0.3 is 4.90 Å². The monoisotopic (exact) mass is 305 g/mol. The van der Waals surface area contributed by atoms with Gasteiger partial charge in [0.2, 0.25) is 0 Å². The first-order valence-electron chi connectivity index (χ1n) is 9.06. The largest absolute Gasteiger partial charge is 0.303 e. The van der Waals surface area contributed by atoms with E-state index in [9.17, 15) is 0 Å². The molecule has 0 radical (unpaired) electrons. The minimum Gasteiger partial charge on any atom is -0.303 e. The molecule has 1 aliphatic carbocycles. The summed E-state index contributed by atoms with van der Waals surface area (Å²) in [4.78, 5) is 2.63. The molecule has 1 nitrogen and oxygen atoms in total. The lowest BCUT2D eigenvalue weighted by Gasteiger charge is -2.37. The Morgan fingerprint density at radius 2 is 1.83 bits per heavy atom. The molecule has 0 spiro atoms. The van der Waals surface area contributed by atoms with Crippen molar-refractivity contribution < 1.29 is 0 Å². The fourth-order valence-electron chi connectivity index (χ4n) is 4.87. The quantitative estimate of drug-likeness (QED) is 0.765. The van der Waals surface area contributed by atoms with Crippen LogP contribution >= 0.6 is 0 Å². The normalized spacial score (nSPS) is 26.8. The van der Waals surface area contributed by atoms with Crippen LogP contribution in [0.25, 0.3) is 0 Å². The van der Waals surface area contributed by atoms with Crippen LogP contribution in [-0.2, 0) is 0 Å². The predicted molar refractivity (Wildman–Crippen MR) is 97.2 cm³/mol. The number of rotatable bonds is 2. The van der Waals surface area contributed by atoms with Crippen LogP contribution in [0.15, 0.2) is 42.5 Å². The third kappa shape index (κ3) is 2.52. The Morgan fingerprint density at radius 3 is 2.61 bits per heavy atom. The van der Waals surface area contributed by atoms with E-state index in [0.717, 1.165) is 5.92 Å². The van der Waals surface area contributed by atoms with E-state index in [2.05, 4.69) is 68.1 Å². The lowest BCUT2D eigenvalue weighted by Crippen LogP contribution is -2.38. The molecule has 2 aromatic rings. The van der Waals surface area contributed by atoms with Crippen molar-refractivity contribution in [3.63, 3.8) is 0 Å². The molecule has 1 heterocycles.